The van der Waals surface area contributed by atoms with Gasteiger partial charge in [-0.1, -0.05) is 91.0 Å². The quantitative estimate of drug-likeness (QED) is 0.366. The molecule has 0 aromatic heterocycles. The van der Waals surface area contributed by atoms with E-state index < -0.39 is 0 Å². The monoisotopic (exact) mass is 366 g/mol. The van der Waals surface area contributed by atoms with E-state index in [0.717, 1.165) is 12.6 Å². The molecule has 0 amide bonds. The maximum absolute atomic E-state index is 3.57. The number of benzene rings is 3. The summed E-state index contributed by atoms with van der Waals surface area (Å²) in [7, 11) is -0.346. The van der Waals surface area contributed by atoms with Gasteiger partial charge in [-0.3, -0.25) is 0 Å². The molecule has 0 N–H and O–H groups in total. The van der Waals surface area contributed by atoms with Crippen molar-refractivity contribution in [2.75, 3.05) is 6.16 Å². The minimum Gasteiger partial charge on any atom is -0.109 e. The Bertz CT molecular complexity index is 952. The number of hydrogen-bond donors (Lipinski definition) is 0. The highest BCUT2D eigenvalue weighted by atomic mass is 31.1. The first-order valence-corrected chi connectivity index (χ1v) is 11.0. The third kappa shape index (κ3) is 4.20. The second kappa shape index (κ2) is 8.36. The second-order valence-corrected chi connectivity index (χ2v) is 9.11. The molecule has 0 saturated heterocycles. The summed E-state index contributed by atoms with van der Waals surface area (Å²) >= 11 is 0. The van der Waals surface area contributed by atoms with Gasteiger partial charge in [-0.15, -0.1) is 5.73 Å². The van der Waals surface area contributed by atoms with Gasteiger partial charge in [0.2, 0.25) is 0 Å². The van der Waals surface area contributed by atoms with E-state index in [4.69, 9.17) is 0 Å². The van der Waals surface area contributed by atoms with Gasteiger partial charge in [0.05, 0.1) is 0 Å². The van der Waals surface area contributed by atoms with Gasteiger partial charge in [0, 0.05) is 5.57 Å². The van der Waals surface area contributed by atoms with Gasteiger partial charge in [0.15, 0.2) is 0 Å². The van der Waals surface area contributed by atoms with Crippen LogP contribution in [0.5, 0.6) is 0 Å². The van der Waals surface area contributed by atoms with E-state index in [1.165, 1.54) is 32.9 Å². The highest BCUT2D eigenvalue weighted by Gasteiger charge is 2.16. The molecule has 0 saturated carbocycles. The van der Waals surface area contributed by atoms with Crippen LogP contribution >= 0.6 is 7.92 Å². The fourth-order valence-electron chi connectivity index (χ4n) is 3.49. The fourth-order valence-corrected chi connectivity index (χ4v) is 5.83. The smallest absolute Gasteiger partial charge is 0.0243 e. The second-order valence-electron chi connectivity index (χ2n) is 6.77. The molecule has 1 aliphatic carbocycles. The van der Waals surface area contributed by atoms with Crippen molar-refractivity contribution in [3.8, 4) is 0 Å². The first-order chi connectivity index (χ1) is 13.3. The Balaban J connectivity index is 1.55. The summed E-state index contributed by atoms with van der Waals surface area (Å²) in [5, 5.41) is 2.91. The summed E-state index contributed by atoms with van der Waals surface area (Å²) < 4.78 is 0. The normalized spacial score (nSPS) is 13.3. The third-order valence-electron chi connectivity index (χ3n) is 4.95. The predicted molar refractivity (Wildman–Crippen MR) is 119 cm³/mol. The summed E-state index contributed by atoms with van der Waals surface area (Å²) in [5.41, 5.74) is 8.74. The van der Waals surface area contributed by atoms with Gasteiger partial charge in [0.1, 0.15) is 0 Å². The van der Waals surface area contributed by atoms with Crippen molar-refractivity contribution in [2.45, 2.75) is 13.3 Å². The highest BCUT2D eigenvalue weighted by molar-refractivity contribution is 7.73. The van der Waals surface area contributed by atoms with E-state index >= 15 is 0 Å². The molecule has 0 atom stereocenters. The highest BCUT2D eigenvalue weighted by Crippen LogP contribution is 2.37. The van der Waals surface area contributed by atoms with Crippen molar-refractivity contribution in [1.29, 1.82) is 0 Å². The molecule has 0 heterocycles. The molecule has 27 heavy (non-hydrogen) atoms. The Morgan fingerprint density at radius 2 is 1.22 bits per heavy atom. The SMILES string of the molecule is CC1=C=C(c2ccccc2)C=C1CCP(c1ccccc1)c1ccccc1. The zero-order valence-corrected chi connectivity index (χ0v) is 16.5. The van der Waals surface area contributed by atoms with Crippen LogP contribution in [0.1, 0.15) is 18.9 Å². The van der Waals surface area contributed by atoms with E-state index in [0.29, 0.717) is 0 Å². The van der Waals surface area contributed by atoms with Crippen LogP contribution in [-0.2, 0) is 0 Å². The first-order valence-electron chi connectivity index (χ1n) is 9.43. The van der Waals surface area contributed by atoms with E-state index in [1.807, 2.05) is 0 Å². The van der Waals surface area contributed by atoms with Crippen molar-refractivity contribution in [3.05, 3.63) is 120 Å². The standard InChI is InChI=1S/C26H23P/c1-21-19-24(22-11-5-2-6-12-22)20-23(21)17-18-27(25-13-7-3-8-14-25)26-15-9-4-10-16-26/h2-16,20H,17-18H2,1H3. The van der Waals surface area contributed by atoms with E-state index in [1.54, 1.807) is 0 Å². The van der Waals surface area contributed by atoms with E-state index in [-0.39, 0.29) is 7.92 Å². The number of allylic oxidation sites excluding steroid dienone is 3. The van der Waals surface area contributed by atoms with Crippen LogP contribution < -0.4 is 10.6 Å². The Morgan fingerprint density at radius 1 is 0.704 bits per heavy atom. The maximum Gasteiger partial charge on any atom is 0.0243 e. The lowest BCUT2D eigenvalue weighted by molar-refractivity contribution is 1.13. The lowest BCUT2D eigenvalue weighted by Gasteiger charge is -2.19. The zero-order chi connectivity index (χ0) is 18.5. The van der Waals surface area contributed by atoms with Gasteiger partial charge in [-0.2, -0.15) is 0 Å². The van der Waals surface area contributed by atoms with Crippen molar-refractivity contribution in [2.24, 2.45) is 0 Å². The Labute approximate surface area is 163 Å². The van der Waals surface area contributed by atoms with E-state index in [2.05, 4.69) is 110 Å². The molecule has 0 fully saturated rings. The Morgan fingerprint density at radius 3 is 1.78 bits per heavy atom. The number of rotatable bonds is 6. The van der Waals surface area contributed by atoms with Crippen LogP contribution in [0.4, 0.5) is 0 Å². The maximum atomic E-state index is 3.57. The molecule has 0 radical (unpaired) electrons. The average molecular weight is 366 g/mol. The summed E-state index contributed by atoms with van der Waals surface area (Å²) in [6.07, 6.45) is 4.58. The summed E-state index contributed by atoms with van der Waals surface area (Å²) in [5.74, 6) is 0. The molecular weight excluding hydrogens is 343 g/mol. The first kappa shape index (κ1) is 17.7. The molecule has 0 unspecified atom stereocenters. The molecule has 132 valence electrons. The van der Waals surface area contributed by atoms with Crippen molar-refractivity contribution in [3.63, 3.8) is 0 Å². The largest absolute Gasteiger partial charge is 0.109 e. The minimum absolute atomic E-state index is 0.346. The molecule has 0 aliphatic heterocycles. The molecule has 1 aliphatic rings. The molecule has 4 rings (SSSR count). The van der Waals surface area contributed by atoms with Gasteiger partial charge in [-0.25, -0.2) is 0 Å². The molecule has 3 aromatic rings. The number of hydrogen-bond acceptors (Lipinski definition) is 0. The van der Waals surface area contributed by atoms with Crippen molar-refractivity contribution in [1.82, 2.24) is 0 Å². The molecule has 0 spiro atoms. The molecule has 3 aromatic carbocycles. The third-order valence-corrected chi connectivity index (χ3v) is 7.46. The summed E-state index contributed by atoms with van der Waals surface area (Å²) in [4.78, 5) is 0. The molecule has 0 bridgehead atoms. The van der Waals surface area contributed by atoms with Gasteiger partial charge in [0.25, 0.3) is 0 Å². The van der Waals surface area contributed by atoms with Crippen LogP contribution in [0.25, 0.3) is 5.57 Å². The van der Waals surface area contributed by atoms with Crippen molar-refractivity contribution >= 4 is 24.1 Å². The molecule has 1 heteroatoms. The molecular formula is C26H23P. The predicted octanol–water partition coefficient (Wildman–Crippen LogP) is 6.08. The molecule has 0 nitrogen and oxygen atoms in total. The van der Waals surface area contributed by atoms with Crippen LogP contribution in [0.2, 0.25) is 0 Å². The lowest BCUT2D eigenvalue weighted by atomic mass is 10.1. The van der Waals surface area contributed by atoms with Crippen LogP contribution in [0, 0.1) is 0 Å². The summed E-state index contributed by atoms with van der Waals surface area (Å²) in [6.45, 7) is 2.19. The zero-order valence-electron chi connectivity index (χ0n) is 15.6. The fraction of sp³-hybridized carbons (Fsp3) is 0.115. The van der Waals surface area contributed by atoms with E-state index in [9.17, 15) is 0 Å². The van der Waals surface area contributed by atoms with Crippen molar-refractivity contribution < 1.29 is 0 Å². The Kier molecular flexibility index (Phi) is 5.50. The van der Waals surface area contributed by atoms with Gasteiger partial charge in [-0.05, 0) is 60.8 Å². The van der Waals surface area contributed by atoms with Crippen LogP contribution in [0.15, 0.2) is 114 Å². The minimum atomic E-state index is -0.346. The van der Waals surface area contributed by atoms with Gasteiger partial charge < -0.3 is 0 Å². The van der Waals surface area contributed by atoms with Crippen LogP contribution in [-0.4, -0.2) is 6.16 Å². The summed E-state index contributed by atoms with van der Waals surface area (Å²) in [6, 6.07) is 32.5. The average Bonchev–Trinajstić information content (AvgIpc) is 3.11. The lowest BCUT2D eigenvalue weighted by Crippen LogP contribution is -2.14. The van der Waals surface area contributed by atoms with Gasteiger partial charge >= 0.3 is 0 Å². The Hall–Kier alpha value is -2.65. The topological polar surface area (TPSA) is 0 Å². The van der Waals surface area contributed by atoms with Crippen LogP contribution in [0.3, 0.4) is 0 Å².